The molecule has 0 amide bonds. The van der Waals surface area contributed by atoms with Crippen LogP contribution in [0.5, 0.6) is 0 Å². The monoisotopic (exact) mass is 266 g/mol. The Morgan fingerprint density at radius 1 is 1.20 bits per heavy atom. The van der Waals surface area contributed by atoms with Crippen molar-refractivity contribution in [2.24, 2.45) is 5.73 Å². The lowest BCUT2D eigenvalue weighted by Crippen LogP contribution is -2.02. The highest BCUT2D eigenvalue weighted by Crippen LogP contribution is 2.25. The molecule has 0 radical (unpaired) electrons. The fourth-order valence-corrected chi connectivity index (χ4v) is 2.47. The number of nitrogens with two attached hydrogens (primary N) is 1. The summed E-state index contributed by atoms with van der Waals surface area (Å²) in [4.78, 5) is 9.02. The average Bonchev–Trinajstić information content (AvgIpc) is 2.87. The molecule has 0 fully saturated rings. The molecular formula is C16H18N4. The SMILES string of the molecule is CCCn1c(-c2ccnc(CN)c2)nc2ccccc21. The quantitative estimate of drug-likeness (QED) is 0.789. The summed E-state index contributed by atoms with van der Waals surface area (Å²) in [5.41, 5.74) is 9.85. The zero-order valence-corrected chi connectivity index (χ0v) is 11.6. The first-order valence-corrected chi connectivity index (χ1v) is 6.94. The van der Waals surface area contributed by atoms with Crippen LogP contribution in [0.4, 0.5) is 0 Å². The molecule has 3 rings (SSSR count). The molecule has 3 aromatic rings. The van der Waals surface area contributed by atoms with Gasteiger partial charge in [0.1, 0.15) is 5.82 Å². The molecule has 4 heteroatoms. The molecule has 2 heterocycles. The van der Waals surface area contributed by atoms with Crippen LogP contribution in [-0.2, 0) is 13.1 Å². The first-order chi connectivity index (χ1) is 9.83. The second-order valence-electron chi connectivity index (χ2n) is 4.82. The molecule has 20 heavy (non-hydrogen) atoms. The molecule has 0 saturated carbocycles. The van der Waals surface area contributed by atoms with Crippen LogP contribution < -0.4 is 5.73 Å². The molecule has 0 atom stereocenters. The van der Waals surface area contributed by atoms with E-state index in [0.29, 0.717) is 6.54 Å². The third-order valence-electron chi connectivity index (χ3n) is 3.39. The molecule has 0 aliphatic heterocycles. The maximum Gasteiger partial charge on any atom is 0.141 e. The first-order valence-electron chi connectivity index (χ1n) is 6.94. The molecule has 2 aromatic heterocycles. The lowest BCUT2D eigenvalue weighted by molar-refractivity contribution is 0.704. The van der Waals surface area contributed by atoms with Crippen LogP contribution >= 0.6 is 0 Å². The van der Waals surface area contributed by atoms with Crippen molar-refractivity contribution >= 4 is 11.0 Å². The highest BCUT2D eigenvalue weighted by Gasteiger charge is 2.12. The van der Waals surface area contributed by atoms with Crippen molar-refractivity contribution in [3.63, 3.8) is 0 Å². The summed E-state index contributed by atoms with van der Waals surface area (Å²) in [6.45, 7) is 3.58. The van der Waals surface area contributed by atoms with Crippen molar-refractivity contribution < 1.29 is 0 Å². The molecule has 2 N–H and O–H groups in total. The van der Waals surface area contributed by atoms with Crippen molar-refractivity contribution in [1.82, 2.24) is 14.5 Å². The van der Waals surface area contributed by atoms with Crippen molar-refractivity contribution in [1.29, 1.82) is 0 Å². The smallest absolute Gasteiger partial charge is 0.141 e. The summed E-state index contributed by atoms with van der Waals surface area (Å²) in [5.74, 6) is 0.991. The van der Waals surface area contributed by atoms with Crippen molar-refractivity contribution in [2.45, 2.75) is 26.4 Å². The van der Waals surface area contributed by atoms with Crippen LogP contribution in [0.3, 0.4) is 0 Å². The molecule has 4 nitrogen and oxygen atoms in total. The van der Waals surface area contributed by atoms with E-state index in [0.717, 1.165) is 35.6 Å². The van der Waals surface area contributed by atoms with Crippen LogP contribution in [0.15, 0.2) is 42.6 Å². The summed E-state index contributed by atoms with van der Waals surface area (Å²) in [6.07, 6.45) is 2.87. The normalized spacial score (nSPS) is 11.1. The molecule has 0 aliphatic rings. The van der Waals surface area contributed by atoms with Crippen molar-refractivity contribution in [2.75, 3.05) is 0 Å². The van der Waals surface area contributed by atoms with Gasteiger partial charge in [-0.3, -0.25) is 4.98 Å². The highest BCUT2D eigenvalue weighted by atomic mass is 15.1. The van der Waals surface area contributed by atoms with Gasteiger partial charge < -0.3 is 10.3 Å². The maximum atomic E-state index is 5.68. The van der Waals surface area contributed by atoms with Crippen LogP contribution in [0.1, 0.15) is 19.0 Å². The van der Waals surface area contributed by atoms with Gasteiger partial charge in [-0.25, -0.2) is 4.98 Å². The Kier molecular flexibility index (Phi) is 3.48. The fraction of sp³-hybridized carbons (Fsp3) is 0.250. The number of hydrogen-bond acceptors (Lipinski definition) is 3. The van der Waals surface area contributed by atoms with Gasteiger partial charge in [-0.15, -0.1) is 0 Å². The molecule has 0 aliphatic carbocycles. The van der Waals surface area contributed by atoms with E-state index in [1.54, 1.807) is 6.20 Å². The van der Waals surface area contributed by atoms with Gasteiger partial charge in [-0.2, -0.15) is 0 Å². The van der Waals surface area contributed by atoms with Gasteiger partial charge in [0.25, 0.3) is 0 Å². The zero-order chi connectivity index (χ0) is 13.9. The first kappa shape index (κ1) is 12.8. The van der Waals surface area contributed by atoms with Gasteiger partial charge in [0, 0.05) is 24.8 Å². The van der Waals surface area contributed by atoms with Crippen molar-refractivity contribution in [3.8, 4) is 11.4 Å². The van der Waals surface area contributed by atoms with Gasteiger partial charge >= 0.3 is 0 Å². The summed E-state index contributed by atoms with van der Waals surface area (Å²) in [6, 6.07) is 12.3. The van der Waals surface area contributed by atoms with Gasteiger partial charge in [0.05, 0.1) is 16.7 Å². The summed E-state index contributed by atoms with van der Waals surface area (Å²) in [7, 11) is 0. The summed E-state index contributed by atoms with van der Waals surface area (Å²) in [5, 5.41) is 0. The Labute approximate surface area is 118 Å². The third-order valence-corrected chi connectivity index (χ3v) is 3.39. The topological polar surface area (TPSA) is 56.7 Å². The number of nitrogens with zero attached hydrogens (tertiary/aromatic N) is 3. The minimum absolute atomic E-state index is 0.446. The number of rotatable bonds is 4. The minimum Gasteiger partial charge on any atom is -0.325 e. The van der Waals surface area contributed by atoms with Gasteiger partial charge in [-0.05, 0) is 30.7 Å². The van der Waals surface area contributed by atoms with Crippen LogP contribution in [-0.4, -0.2) is 14.5 Å². The molecular weight excluding hydrogens is 248 g/mol. The van der Waals surface area contributed by atoms with E-state index < -0.39 is 0 Å². The van der Waals surface area contributed by atoms with E-state index in [1.165, 1.54) is 5.52 Å². The van der Waals surface area contributed by atoms with Crippen LogP contribution in [0.2, 0.25) is 0 Å². The number of aromatic nitrogens is 3. The Morgan fingerprint density at radius 2 is 2.05 bits per heavy atom. The second kappa shape index (κ2) is 5.43. The van der Waals surface area contributed by atoms with E-state index in [9.17, 15) is 0 Å². The molecule has 0 bridgehead atoms. The average molecular weight is 266 g/mol. The van der Waals surface area contributed by atoms with E-state index >= 15 is 0 Å². The molecule has 1 aromatic carbocycles. The van der Waals surface area contributed by atoms with Crippen LogP contribution in [0, 0.1) is 0 Å². The Morgan fingerprint density at radius 3 is 2.85 bits per heavy atom. The van der Waals surface area contributed by atoms with E-state index in [4.69, 9.17) is 10.7 Å². The van der Waals surface area contributed by atoms with E-state index in [2.05, 4.69) is 34.7 Å². The fourth-order valence-electron chi connectivity index (χ4n) is 2.47. The second-order valence-corrected chi connectivity index (χ2v) is 4.82. The lowest BCUT2D eigenvalue weighted by atomic mass is 10.2. The Hall–Kier alpha value is -2.20. The van der Waals surface area contributed by atoms with Crippen molar-refractivity contribution in [3.05, 3.63) is 48.3 Å². The minimum atomic E-state index is 0.446. The Bertz CT molecular complexity index is 730. The number of para-hydroxylation sites is 2. The number of hydrogen-bond donors (Lipinski definition) is 1. The zero-order valence-electron chi connectivity index (χ0n) is 11.6. The third kappa shape index (κ3) is 2.18. The number of fused-ring (bicyclic) bond motifs is 1. The molecule has 0 saturated heterocycles. The molecule has 0 unspecified atom stereocenters. The number of imidazole rings is 1. The van der Waals surface area contributed by atoms with Gasteiger partial charge in [-0.1, -0.05) is 19.1 Å². The largest absolute Gasteiger partial charge is 0.325 e. The predicted molar refractivity (Wildman–Crippen MR) is 81.1 cm³/mol. The number of benzene rings is 1. The Balaban J connectivity index is 2.21. The van der Waals surface area contributed by atoms with E-state index in [-0.39, 0.29) is 0 Å². The predicted octanol–water partition coefficient (Wildman–Crippen LogP) is 2.97. The molecule has 0 spiro atoms. The van der Waals surface area contributed by atoms with Crippen LogP contribution in [0.25, 0.3) is 22.4 Å². The van der Waals surface area contributed by atoms with Gasteiger partial charge in [0.2, 0.25) is 0 Å². The number of pyridine rings is 1. The standard InChI is InChI=1S/C16H18N4/c1-2-9-20-15-6-4-3-5-14(15)19-16(20)12-7-8-18-13(10-12)11-17/h3-8,10H,2,9,11,17H2,1H3. The number of aryl methyl sites for hydroxylation is 1. The lowest BCUT2D eigenvalue weighted by Gasteiger charge is -2.08. The van der Waals surface area contributed by atoms with E-state index in [1.807, 2.05) is 18.2 Å². The molecule has 102 valence electrons. The summed E-state index contributed by atoms with van der Waals surface area (Å²) >= 11 is 0. The maximum absolute atomic E-state index is 5.68. The van der Waals surface area contributed by atoms with Gasteiger partial charge in [0.15, 0.2) is 0 Å². The summed E-state index contributed by atoms with van der Waals surface area (Å²) < 4.78 is 2.27. The highest BCUT2D eigenvalue weighted by molar-refractivity contribution is 5.80.